The predicted octanol–water partition coefficient (Wildman–Crippen LogP) is 5.16. The fraction of sp³-hybridized carbons (Fsp3) is 0.407. The monoisotopic (exact) mass is 542 g/mol. The molecule has 3 aromatic heterocycles. The molecule has 12 heteroatoms. The first-order valence-corrected chi connectivity index (χ1v) is 12.5. The SMILES string of the molecule is COc1cccc2ccc(-c3nnc4ccc([C@H](N(C(=O)OC(C)(C)C)[C@H]5CCNC5)C(F)(F)F)cn34)nc12. The molecule has 1 aromatic carbocycles. The van der Waals surface area contributed by atoms with Gasteiger partial charge in [-0.25, -0.2) is 9.78 Å². The van der Waals surface area contributed by atoms with Crippen LogP contribution in [0, 0.1) is 0 Å². The number of alkyl halides is 3. The second-order valence-electron chi connectivity index (χ2n) is 10.4. The topological polar surface area (TPSA) is 93.9 Å². The second-order valence-corrected chi connectivity index (χ2v) is 10.4. The molecule has 1 saturated heterocycles. The highest BCUT2D eigenvalue weighted by molar-refractivity contribution is 5.86. The maximum Gasteiger partial charge on any atom is 0.413 e. The van der Waals surface area contributed by atoms with E-state index in [0.717, 1.165) is 10.3 Å². The lowest BCUT2D eigenvalue weighted by Crippen LogP contribution is -2.50. The Balaban J connectivity index is 1.63. The number of rotatable bonds is 5. The number of halogens is 3. The molecule has 1 fully saturated rings. The van der Waals surface area contributed by atoms with E-state index in [1.54, 1.807) is 32.9 Å². The van der Waals surface area contributed by atoms with Crippen molar-refractivity contribution in [2.45, 2.75) is 51.1 Å². The minimum absolute atomic E-state index is 0.146. The summed E-state index contributed by atoms with van der Waals surface area (Å²) in [6, 6.07) is 8.88. The lowest BCUT2D eigenvalue weighted by Gasteiger charge is -2.38. The minimum Gasteiger partial charge on any atom is -0.494 e. The van der Waals surface area contributed by atoms with Crippen LogP contribution in [0.15, 0.2) is 48.7 Å². The molecule has 0 spiro atoms. The Kier molecular flexibility index (Phi) is 6.83. The van der Waals surface area contributed by atoms with E-state index in [1.165, 1.54) is 29.8 Å². The van der Waals surface area contributed by atoms with Gasteiger partial charge in [0.1, 0.15) is 22.6 Å². The Hall–Kier alpha value is -3.93. The van der Waals surface area contributed by atoms with Crippen LogP contribution in [-0.4, -0.2) is 68.6 Å². The summed E-state index contributed by atoms with van der Waals surface area (Å²) >= 11 is 0. The Morgan fingerprint density at radius 3 is 2.59 bits per heavy atom. The highest BCUT2D eigenvalue weighted by Gasteiger charge is 2.50. The van der Waals surface area contributed by atoms with Gasteiger partial charge in [0.15, 0.2) is 17.5 Å². The smallest absolute Gasteiger partial charge is 0.413 e. The van der Waals surface area contributed by atoms with Crippen LogP contribution in [0.4, 0.5) is 18.0 Å². The second kappa shape index (κ2) is 9.99. The zero-order chi connectivity index (χ0) is 27.9. The molecule has 0 bridgehead atoms. The lowest BCUT2D eigenvalue weighted by molar-refractivity contribution is -0.188. The fourth-order valence-corrected chi connectivity index (χ4v) is 4.82. The number of amides is 1. The van der Waals surface area contributed by atoms with Crippen LogP contribution in [0.1, 0.15) is 38.8 Å². The van der Waals surface area contributed by atoms with Crippen LogP contribution < -0.4 is 10.1 Å². The third-order valence-corrected chi connectivity index (χ3v) is 6.49. The molecule has 1 aliphatic heterocycles. The molecule has 39 heavy (non-hydrogen) atoms. The highest BCUT2D eigenvalue weighted by atomic mass is 19.4. The van der Waals surface area contributed by atoms with Crippen LogP contribution >= 0.6 is 0 Å². The van der Waals surface area contributed by atoms with Crippen molar-refractivity contribution in [2.75, 3.05) is 20.2 Å². The lowest BCUT2D eigenvalue weighted by atomic mass is 10.0. The predicted molar refractivity (Wildman–Crippen MR) is 138 cm³/mol. The number of benzene rings is 1. The maximum absolute atomic E-state index is 14.8. The molecule has 0 saturated carbocycles. The summed E-state index contributed by atoms with van der Waals surface area (Å²) in [5.41, 5.74) is 0.217. The van der Waals surface area contributed by atoms with Crippen LogP contribution in [0.3, 0.4) is 0 Å². The summed E-state index contributed by atoms with van der Waals surface area (Å²) in [5, 5.41) is 12.2. The van der Waals surface area contributed by atoms with Gasteiger partial charge in [-0.3, -0.25) is 9.30 Å². The van der Waals surface area contributed by atoms with E-state index in [9.17, 15) is 18.0 Å². The van der Waals surface area contributed by atoms with E-state index in [4.69, 9.17) is 9.47 Å². The Morgan fingerprint density at radius 2 is 1.92 bits per heavy atom. The number of pyridine rings is 2. The van der Waals surface area contributed by atoms with Crippen molar-refractivity contribution < 1.29 is 27.4 Å². The van der Waals surface area contributed by atoms with Crippen LogP contribution in [0.2, 0.25) is 0 Å². The van der Waals surface area contributed by atoms with E-state index < -0.39 is 30.0 Å². The quantitative estimate of drug-likeness (QED) is 0.373. The average Bonchev–Trinajstić information content (AvgIpc) is 3.54. The number of nitrogens with zero attached hydrogens (tertiary/aromatic N) is 5. The molecular weight excluding hydrogens is 513 g/mol. The van der Waals surface area contributed by atoms with Crippen molar-refractivity contribution in [2.24, 2.45) is 0 Å². The number of aromatic nitrogens is 4. The summed E-state index contributed by atoms with van der Waals surface area (Å²) < 4.78 is 56.6. The van der Waals surface area contributed by atoms with Crippen LogP contribution in [0.5, 0.6) is 5.75 Å². The molecule has 1 amide bonds. The Labute approximate surface area is 222 Å². The molecule has 0 aliphatic carbocycles. The van der Waals surface area contributed by atoms with Crippen LogP contribution in [0.25, 0.3) is 28.1 Å². The van der Waals surface area contributed by atoms with Gasteiger partial charge in [0.2, 0.25) is 0 Å². The maximum atomic E-state index is 14.8. The summed E-state index contributed by atoms with van der Waals surface area (Å²) in [7, 11) is 1.54. The van der Waals surface area contributed by atoms with Gasteiger partial charge in [-0.2, -0.15) is 13.2 Å². The molecule has 1 aliphatic rings. The molecule has 9 nitrogen and oxygen atoms in total. The number of fused-ring (bicyclic) bond motifs is 2. The van der Waals surface area contributed by atoms with E-state index >= 15 is 0 Å². The van der Waals surface area contributed by atoms with Crippen molar-refractivity contribution in [3.8, 4) is 17.3 Å². The van der Waals surface area contributed by atoms with E-state index in [1.807, 2.05) is 18.2 Å². The molecule has 4 heterocycles. The van der Waals surface area contributed by atoms with E-state index in [-0.39, 0.29) is 17.9 Å². The minimum atomic E-state index is -4.78. The molecule has 2 atom stereocenters. The number of methoxy groups -OCH3 is 1. The number of nitrogens with one attached hydrogen (secondary N) is 1. The Morgan fingerprint density at radius 1 is 1.13 bits per heavy atom. The summed E-state index contributed by atoms with van der Waals surface area (Å²) in [6.45, 7) is 5.61. The first-order chi connectivity index (χ1) is 18.5. The average molecular weight is 543 g/mol. The number of carbonyl (C=O) groups is 1. The first kappa shape index (κ1) is 26.7. The van der Waals surface area contributed by atoms with Gasteiger partial charge in [-0.05, 0) is 51.9 Å². The summed E-state index contributed by atoms with van der Waals surface area (Å²) in [4.78, 5) is 18.7. The largest absolute Gasteiger partial charge is 0.494 e. The van der Waals surface area contributed by atoms with Crippen molar-refractivity contribution in [1.82, 2.24) is 29.8 Å². The molecular formula is C27H29F3N6O3. The van der Waals surface area contributed by atoms with Crippen molar-refractivity contribution >= 4 is 22.6 Å². The van der Waals surface area contributed by atoms with Gasteiger partial charge < -0.3 is 14.8 Å². The zero-order valence-corrected chi connectivity index (χ0v) is 22.0. The molecule has 5 rings (SSSR count). The number of hydrogen-bond donors (Lipinski definition) is 1. The molecule has 0 radical (unpaired) electrons. The van der Waals surface area contributed by atoms with E-state index in [0.29, 0.717) is 35.6 Å². The number of para-hydroxylation sites is 1. The summed E-state index contributed by atoms with van der Waals surface area (Å²) in [6.07, 6.45) is -4.12. The van der Waals surface area contributed by atoms with Gasteiger partial charge >= 0.3 is 12.3 Å². The van der Waals surface area contributed by atoms with Gasteiger partial charge in [-0.1, -0.05) is 24.3 Å². The molecule has 1 N–H and O–H groups in total. The third kappa shape index (κ3) is 5.33. The van der Waals surface area contributed by atoms with Crippen molar-refractivity contribution in [3.05, 3.63) is 54.2 Å². The number of hydrogen-bond acceptors (Lipinski definition) is 7. The summed E-state index contributed by atoms with van der Waals surface area (Å²) in [5.74, 6) is 0.811. The van der Waals surface area contributed by atoms with Gasteiger partial charge in [0.05, 0.1) is 7.11 Å². The number of ether oxygens (including phenoxy) is 2. The van der Waals surface area contributed by atoms with Crippen molar-refractivity contribution in [1.29, 1.82) is 0 Å². The third-order valence-electron chi connectivity index (χ3n) is 6.49. The molecule has 4 aromatic rings. The first-order valence-electron chi connectivity index (χ1n) is 12.5. The van der Waals surface area contributed by atoms with Crippen LogP contribution in [-0.2, 0) is 4.74 Å². The van der Waals surface area contributed by atoms with Gasteiger partial charge in [0, 0.05) is 29.7 Å². The van der Waals surface area contributed by atoms with E-state index in [2.05, 4.69) is 20.5 Å². The number of carbonyl (C=O) groups excluding carboxylic acids is 1. The fourth-order valence-electron chi connectivity index (χ4n) is 4.82. The highest BCUT2D eigenvalue weighted by Crippen LogP contribution is 2.41. The van der Waals surface area contributed by atoms with Crippen molar-refractivity contribution in [3.63, 3.8) is 0 Å². The normalized spacial score (nSPS) is 16.9. The zero-order valence-electron chi connectivity index (χ0n) is 22.0. The Bertz CT molecular complexity index is 1510. The van der Waals surface area contributed by atoms with Gasteiger partial charge in [0.25, 0.3) is 0 Å². The molecule has 0 unspecified atom stereocenters. The standard InChI is InChI=1S/C27H29F3N6O3/c1-26(2,3)39-25(37)36(18-12-13-31-14-18)23(27(28,29)30)17-9-11-21-33-34-24(35(21)15-17)19-10-8-16-6-5-7-20(38-4)22(16)32-19/h5-11,15,18,23,31H,12-14H2,1-4H3/t18-,23-/m0/s1. The van der Waals surface area contributed by atoms with Gasteiger partial charge in [-0.15, -0.1) is 10.2 Å². The molecule has 206 valence electrons.